The summed E-state index contributed by atoms with van der Waals surface area (Å²) < 4.78 is 5.59. The second-order valence-electron chi connectivity index (χ2n) is 4.85. The topological polar surface area (TPSA) is 45.9 Å². The minimum absolute atomic E-state index is 0.449. The van der Waals surface area contributed by atoms with Crippen LogP contribution in [0, 0.1) is 11.3 Å². The van der Waals surface area contributed by atoms with Gasteiger partial charge in [0.05, 0.1) is 24.8 Å². The summed E-state index contributed by atoms with van der Waals surface area (Å²) in [6.45, 7) is 4.97. The maximum atomic E-state index is 8.92. The lowest BCUT2D eigenvalue weighted by atomic mass is 10.2. The Kier molecular flexibility index (Phi) is 5.77. The van der Waals surface area contributed by atoms with E-state index in [2.05, 4.69) is 19.9 Å². The van der Waals surface area contributed by atoms with Gasteiger partial charge in [0.1, 0.15) is 10.8 Å². The van der Waals surface area contributed by atoms with Crippen LogP contribution >= 0.6 is 11.3 Å². The second-order valence-corrected chi connectivity index (χ2v) is 5.93. The van der Waals surface area contributed by atoms with Crippen molar-refractivity contribution in [3.05, 3.63) is 34.8 Å². The quantitative estimate of drug-likeness (QED) is 0.749. The van der Waals surface area contributed by atoms with Crippen LogP contribution in [0.4, 0.5) is 0 Å². The van der Waals surface area contributed by atoms with E-state index in [1.165, 1.54) is 0 Å². The molecule has 110 valence electrons. The van der Waals surface area contributed by atoms with E-state index in [1.807, 2.05) is 24.3 Å². The Balaban J connectivity index is 2.21. The van der Waals surface area contributed by atoms with Gasteiger partial charge in [-0.15, -0.1) is 11.3 Å². The predicted molar refractivity (Wildman–Crippen MR) is 86.6 cm³/mol. The number of rotatable bonds is 7. The van der Waals surface area contributed by atoms with Crippen molar-refractivity contribution >= 4 is 11.3 Å². The van der Waals surface area contributed by atoms with Crippen LogP contribution in [0.3, 0.4) is 0 Å². The zero-order chi connectivity index (χ0) is 15.1. The number of nitriles is 1. The van der Waals surface area contributed by atoms with Crippen LogP contribution in [-0.4, -0.2) is 11.6 Å². The highest BCUT2D eigenvalue weighted by Crippen LogP contribution is 2.30. The SMILES string of the molecule is CCCOc1ccc(-c2nc(CCC)c(CC#N)s2)cc1. The van der Waals surface area contributed by atoms with E-state index in [4.69, 9.17) is 15.0 Å². The summed E-state index contributed by atoms with van der Waals surface area (Å²) in [6, 6.07) is 10.3. The van der Waals surface area contributed by atoms with Crippen LogP contribution in [0.15, 0.2) is 24.3 Å². The largest absolute Gasteiger partial charge is 0.494 e. The molecule has 0 bridgehead atoms. The van der Waals surface area contributed by atoms with Gasteiger partial charge in [0.15, 0.2) is 0 Å². The lowest BCUT2D eigenvalue weighted by Crippen LogP contribution is -1.94. The standard InChI is InChI=1S/C17H20N2OS/c1-3-5-15-16(10-11-18)21-17(19-15)13-6-8-14(9-7-13)20-12-4-2/h6-9H,3-5,10,12H2,1-2H3. The van der Waals surface area contributed by atoms with E-state index in [1.54, 1.807) is 11.3 Å². The lowest BCUT2D eigenvalue weighted by molar-refractivity contribution is 0.317. The summed E-state index contributed by atoms with van der Waals surface area (Å²) in [5, 5.41) is 9.91. The van der Waals surface area contributed by atoms with Gasteiger partial charge in [0, 0.05) is 10.4 Å². The molecular formula is C17H20N2OS. The number of hydrogen-bond donors (Lipinski definition) is 0. The van der Waals surface area contributed by atoms with Crippen molar-refractivity contribution in [3.63, 3.8) is 0 Å². The second kappa shape index (κ2) is 7.80. The third-order valence-corrected chi connectivity index (χ3v) is 4.23. The van der Waals surface area contributed by atoms with E-state index in [9.17, 15) is 0 Å². The van der Waals surface area contributed by atoms with Gasteiger partial charge in [-0.25, -0.2) is 4.98 Å². The third kappa shape index (κ3) is 4.05. The van der Waals surface area contributed by atoms with E-state index >= 15 is 0 Å². The summed E-state index contributed by atoms with van der Waals surface area (Å²) in [6.07, 6.45) is 3.44. The van der Waals surface area contributed by atoms with Crippen molar-refractivity contribution in [2.75, 3.05) is 6.61 Å². The van der Waals surface area contributed by atoms with Crippen LogP contribution in [0.2, 0.25) is 0 Å². The molecule has 21 heavy (non-hydrogen) atoms. The molecule has 0 aliphatic carbocycles. The molecule has 0 aliphatic heterocycles. The van der Waals surface area contributed by atoms with Crippen LogP contribution < -0.4 is 4.74 Å². The van der Waals surface area contributed by atoms with Crippen molar-refractivity contribution < 1.29 is 4.74 Å². The Hall–Kier alpha value is -1.86. The molecule has 0 fully saturated rings. The number of nitrogens with zero attached hydrogens (tertiary/aromatic N) is 2. The highest BCUT2D eigenvalue weighted by molar-refractivity contribution is 7.15. The van der Waals surface area contributed by atoms with Crippen molar-refractivity contribution in [2.45, 2.75) is 39.5 Å². The maximum Gasteiger partial charge on any atom is 0.123 e. The Labute approximate surface area is 130 Å². The molecule has 0 unspecified atom stereocenters. The molecule has 0 N–H and O–H groups in total. The fourth-order valence-electron chi connectivity index (χ4n) is 2.06. The lowest BCUT2D eigenvalue weighted by Gasteiger charge is -2.04. The van der Waals surface area contributed by atoms with Crippen LogP contribution in [0.1, 0.15) is 37.3 Å². The molecule has 0 spiro atoms. The number of ether oxygens (including phenoxy) is 1. The first kappa shape index (κ1) is 15.5. The first-order chi connectivity index (χ1) is 10.3. The molecule has 0 saturated heterocycles. The van der Waals surface area contributed by atoms with Gasteiger partial charge in [0.25, 0.3) is 0 Å². The average molecular weight is 300 g/mol. The highest BCUT2D eigenvalue weighted by Gasteiger charge is 2.11. The van der Waals surface area contributed by atoms with Crippen LogP contribution in [0.25, 0.3) is 10.6 Å². The Morgan fingerprint density at radius 3 is 2.57 bits per heavy atom. The van der Waals surface area contributed by atoms with Gasteiger partial charge >= 0.3 is 0 Å². The summed E-state index contributed by atoms with van der Waals surface area (Å²) in [4.78, 5) is 5.81. The fourth-order valence-corrected chi connectivity index (χ4v) is 3.11. The molecular weight excluding hydrogens is 280 g/mol. The molecule has 2 aromatic rings. The first-order valence-corrected chi connectivity index (χ1v) is 8.18. The number of hydrogen-bond acceptors (Lipinski definition) is 4. The van der Waals surface area contributed by atoms with Crippen LogP contribution in [-0.2, 0) is 12.8 Å². The molecule has 0 atom stereocenters. The van der Waals surface area contributed by atoms with E-state index in [-0.39, 0.29) is 0 Å². The molecule has 0 saturated carbocycles. The zero-order valence-corrected chi connectivity index (χ0v) is 13.4. The Bertz CT molecular complexity index is 611. The average Bonchev–Trinajstić information content (AvgIpc) is 2.90. The first-order valence-electron chi connectivity index (χ1n) is 7.37. The molecule has 1 heterocycles. The molecule has 3 nitrogen and oxygen atoms in total. The van der Waals surface area contributed by atoms with Crippen molar-refractivity contribution in [3.8, 4) is 22.4 Å². The third-order valence-electron chi connectivity index (χ3n) is 3.08. The Morgan fingerprint density at radius 1 is 1.19 bits per heavy atom. The van der Waals surface area contributed by atoms with Crippen molar-refractivity contribution in [1.82, 2.24) is 4.98 Å². The zero-order valence-electron chi connectivity index (χ0n) is 12.6. The minimum Gasteiger partial charge on any atom is -0.494 e. The van der Waals surface area contributed by atoms with Crippen molar-refractivity contribution in [2.24, 2.45) is 0 Å². The van der Waals surface area contributed by atoms with E-state index in [0.29, 0.717) is 6.42 Å². The van der Waals surface area contributed by atoms with Gasteiger partial charge in [-0.2, -0.15) is 5.26 Å². The summed E-state index contributed by atoms with van der Waals surface area (Å²) in [5.41, 5.74) is 2.16. The molecule has 0 aliphatic rings. The summed E-state index contributed by atoms with van der Waals surface area (Å²) >= 11 is 1.63. The normalized spacial score (nSPS) is 10.3. The number of thiazole rings is 1. The van der Waals surface area contributed by atoms with Crippen molar-refractivity contribution in [1.29, 1.82) is 5.26 Å². The maximum absolute atomic E-state index is 8.92. The monoisotopic (exact) mass is 300 g/mol. The summed E-state index contributed by atoms with van der Waals surface area (Å²) in [7, 11) is 0. The van der Waals surface area contributed by atoms with Gasteiger partial charge in [-0.3, -0.25) is 0 Å². The molecule has 2 rings (SSSR count). The highest BCUT2D eigenvalue weighted by atomic mass is 32.1. The molecule has 0 amide bonds. The number of benzene rings is 1. The molecule has 0 radical (unpaired) electrons. The fraction of sp³-hybridized carbons (Fsp3) is 0.412. The number of aryl methyl sites for hydroxylation is 1. The van der Waals surface area contributed by atoms with Gasteiger partial charge in [-0.05, 0) is 37.1 Å². The van der Waals surface area contributed by atoms with Gasteiger partial charge in [0.2, 0.25) is 0 Å². The Morgan fingerprint density at radius 2 is 1.95 bits per heavy atom. The summed E-state index contributed by atoms with van der Waals surface area (Å²) in [5.74, 6) is 0.892. The van der Waals surface area contributed by atoms with Gasteiger partial charge < -0.3 is 4.74 Å². The van der Waals surface area contributed by atoms with E-state index < -0.39 is 0 Å². The molecule has 4 heteroatoms. The predicted octanol–water partition coefficient (Wildman–Crippen LogP) is 4.62. The van der Waals surface area contributed by atoms with Crippen LogP contribution in [0.5, 0.6) is 5.75 Å². The molecule has 1 aromatic carbocycles. The van der Waals surface area contributed by atoms with Gasteiger partial charge in [-0.1, -0.05) is 20.3 Å². The smallest absolute Gasteiger partial charge is 0.123 e. The number of aromatic nitrogens is 1. The molecule has 1 aromatic heterocycles. The van der Waals surface area contributed by atoms with E-state index in [0.717, 1.165) is 52.8 Å². The minimum atomic E-state index is 0.449.